The third-order valence-corrected chi connectivity index (χ3v) is 2.90. The molecule has 0 amide bonds. The van der Waals surface area contributed by atoms with Crippen molar-refractivity contribution in [3.05, 3.63) is 29.3 Å². The fourth-order valence-corrected chi connectivity index (χ4v) is 1.98. The molecule has 17 heavy (non-hydrogen) atoms. The number of ketones is 1. The van der Waals surface area contributed by atoms with E-state index in [0.29, 0.717) is 17.7 Å². The van der Waals surface area contributed by atoms with Gasteiger partial charge in [0.1, 0.15) is 28.9 Å². The van der Waals surface area contributed by atoms with Crippen molar-refractivity contribution in [3.8, 4) is 17.2 Å². The molecule has 1 aliphatic rings. The lowest BCUT2D eigenvalue weighted by molar-refractivity contribution is 0.101. The maximum Gasteiger partial charge on any atom is 0.167 e. The highest BCUT2D eigenvalue weighted by molar-refractivity contribution is 6.00. The molecule has 0 saturated carbocycles. The molecule has 4 nitrogen and oxygen atoms in total. The molecule has 0 aromatic heterocycles. The Morgan fingerprint density at radius 2 is 2.12 bits per heavy atom. The van der Waals surface area contributed by atoms with Crippen molar-refractivity contribution in [3.63, 3.8) is 0 Å². The zero-order valence-corrected chi connectivity index (χ0v) is 9.78. The van der Waals surface area contributed by atoms with Crippen molar-refractivity contribution in [1.29, 1.82) is 0 Å². The summed E-state index contributed by atoms with van der Waals surface area (Å²) in [7, 11) is 0. The zero-order chi connectivity index (χ0) is 12.7. The minimum atomic E-state index is -0.374. The molecule has 2 rings (SSSR count). The fraction of sp³-hybridized carbons (Fsp3) is 0.308. The number of rotatable bonds is 2. The topological polar surface area (TPSA) is 66.8 Å². The number of fused-ring (bicyclic) bond motifs is 1. The number of hydrogen-bond acceptors (Lipinski definition) is 4. The van der Waals surface area contributed by atoms with Gasteiger partial charge in [0.05, 0.1) is 0 Å². The second-order valence-corrected chi connectivity index (χ2v) is 4.31. The summed E-state index contributed by atoms with van der Waals surface area (Å²) in [6.45, 7) is 6.93. The van der Waals surface area contributed by atoms with E-state index in [1.54, 1.807) is 0 Å². The number of phenolic OH excluding ortho intramolecular Hbond substituents is 2. The largest absolute Gasteiger partial charge is 0.507 e. The van der Waals surface area contributed by atoms with Gasteiger partial charge in [-0.15, -0.1) is 0 Å². The predicted octanol–water partition coefficient (Wildman–Crippen LogP) is 2.18. The summed E-state index contributed by atoms with van der Waals surface area (Å²) in [4.78, 5) is 11.3. The van der Waals surface area contributed by atoms with Gasteiger partial charge in [0, 0.05) is 18.1 Å². The Morgan fingerprint density at radius 1 is 1.47 bits per heavy atom. The van der Waals surface area contributed by atoms with Gasteiger partial charge in [-0.3, -0.25) is 4.79 Å². The smallest absolute Gasteiger partial charge is 0.167 e. The number of phenols is 2. The SMILES string of the molecule is C=C(C)C1Cc2c(cc(O)c(C(C)=O)c2O)O1. The first-order valence-corrected chi connectivity index (χ1v) is 5.32. The normalized spacial score (nSPS) is 17.4. The monoisotopic (exact) mass is 234 g/mol. The Morgan fingerprint density at radius 3 is 2.65 bits per heavy atom. The van der Waals surface area contributed by atoms with Crippen LogP contribution in [0.1, 0.15) is 29.8 Å². The van der Waals surface area contributed by atoms with E-state index in [9.17, 15) is 15.0 Å². The molecule has 0 aliphatic carbocycles. The summed E-state index contributed by atoms with van der Waals surface area (Å²) in [5.41, 5.74) is 1.35. The first-order chi connectivity index (χ1) is 7.91. The molecular formula is C13H14O4. The number of aromatic hydroxyl groups is 2. The van der Waals surface area contributed by atoms with Crippen LogP contribution in [0.5, 0.6) is 17.2 Å². The van der Waals surface area contributed by atoms with Crippen LogP contribution in [0, 0.1) is 0 Å². The van der Waals surface area contributed by atoms with Gasteiger partial charge in [0.15, 0.2) is 5.78 Å². The van der Waals surface area contributed by atoms with Crippen LogP contribution in [0.4, 0.5) is 0 Å². The van der Waals surface area contributed by atoms with Gasteiger partial charge in [-0.2, -0.15) is 0 Å². The molecule has 0 saturated heterocycles. The molecule has 1 aromatic rings. The highest BCUT2D eigenvalue weighted by Gasteiger charge is 2.30. The number of hydrogen-bond donors (Lipinski definition) is 2. The van der Waals surface area contributed by atoms with Gasteiger partial charge in [-0.25, -0.2) is 0 Å². The summed E-state index contributed by atoms with van der Waals surface area (Å²) < 4.78 is 5.53. The maximum atomic E-state index is 11.3. The molecule has 0 radical (unpaired) electrons. The summed E-state index contributed by atoms with van der Waals surface area (Å²) in [5, 5.41) is 19.6. The average Bonchev–Trinajstić information content (AvgIpc) is 2.60. The van der Waals surface area contributed by atoms with Crippen molar-refractivity contribution in [2.45, 2.75) is 26.4 Å². The molecule has 1 aliphatic heterocycles. The lowest BCUT2D eigenvalue weighted by Crippen LogP contribution is -2.13. The van der Waals surface area contributed by atoms with Gasteiger partial charge in [0.25, 0.3) is 0 Å². The molecule has 1 aromatic carbocycles. The van der Waals surface area contributed by atoms with E-state index in [1.165, 1.54) is 13.0 Å². The number of Topliss-reactive ketones (excluding diaryl/α,β-unsaturated/α-hetero) is 1. The van der Waals surface area contributed by atoms with Crippen molar-refractivity contribution in [2.75, 3.05) is 0 Å². The van der Waals surface area contributed by atoms with E-state index >= 15 is 0 Å². The molecule has 1 atom stereocenters. The highest BCUT2D eigenvalue weighted by Crippen LogP contribution is 2.43. The Labute approximate surface area is 99.2 Å². The molecule has 1 unspecified atom stereocenters. The van der Waals surface area contributed by atoms with Crippen LogP contribution in [0.3, 0.4) is 0 Å². The molecule has 0 spiro atoms. The van der Waals surface area contributed by atoms with Gasteiger partial charge >= 0.3 is 0 Å². The molecule has 90 valence electrons. The van der Waals surface area contributed by atoms with Crippen LogP contribution < -0.4 is 4.74 Å². The fourth-order valence-electron chi connectivity index (χ4n) is 1.98. The van der Waals surface area contributed by atoms with E-state index in [0.717, 1.165) is 5.57 Å². The number of benzene rings is 1. The van der Waals surface area contributed by atoms with E-state index < -0.39 is 0 Å². The second kappa shape index (κ2) is 3.80. The van der Waals surface area contributed by atoms with E-state index in [2.05, 4.69) is 6.58 Å². The Kier molecular flexibility index (Phi) is 2.58. The number of ether oxygens (including phenoxy) is 1. The lowest BCUT2D eigenvalue weighted by Gasteiger charge is -2.09. The summed E-state index contributed by atoms with van der Waals surface area (Å²) >= 11 is 0. The van der Waals surface area contributed by atoms with Gasteiger partial charge in [0.2, 0.25) is 0 Å². The molecule has 0 fully saturated rings. The van der Waals surface area contributed by atoms with Gasteiger partial charge in [-0.1, -0.05) is 6.58 Å². The van der Waals surface area contributed by atoms with Crippen molar-refractivity contribution >= 4 is 5.78 Å². The number of carbonyl (C=O) groups excluding carboxylic acids is 1. The second-order valence-electron chi connectivity index (χ2n) is 4.31. The Balaban J connectivity index is 2.53. The third-order valence-electron chi connectivity index (χ3n) is 2.90. The third kappa shape index (κ3) is 1.75. The van der Waals surface area contributed by atoms with E-state index in [4.69, 9.17) is 4.74 Å². The van der Waals surface area contributed by atoms with E-state index in [-0.39, 0.29) is 28.9 Å². The maximum absolute atomic E-state index is 11.3. The van der Waals surface area contributed by atoms with Gasteiger partial charge in [-0.05, 0) is 19.4 Å². The Bertz CT molecular complexity index is 517. The van der Waals surface area contributed by atoms with Crippen molar-refractivity contribution < 1.29 is 19.7 Å². The van der Waals surface area contributed by atoms with Crippen molar-refractivity contribution in [2.24, 2.45) is 0 Å². The average molecular weight is 234 g/mol. The van der Waals surface area contributed by atoms with Crippen LogP contribution in [-0.4, -0.2) is 22.1 Å². The first-order valence-electron chi connectivity index (χ1n) is 5.32. The van der Waals surface area contributed by atoms with Crippen LogP contribution in [-0.2, 0) is 6.42 Å². The minimum Gasteiger partial charge on any atom is -0.507 e. The summed E-state index contributed by atoms with van der Waals surface area (Å²) in [5.74, 6) is -0.396. The van der Waals surface area contributed by atoms with Gasteiger partial charge < -0.3 is 14.9 Å². The molecule has 1 heterocycles. The van der Waals surface area contributed by atoms with Crippen LogP contribution in [0.15, 0.2) is 18.2 Å². The van der Waals surface area contributed by atoms with Crippen LogP contribution in [0.25, 0.3) is 0 Å². The molecule has 0 bridgehead atoms. The Hall–Kier alpha value is -1.97. The standard InChI is InChI=1S/C13H14O4/c1-6(2)10-4-8-11(17-10)5-9(15)12(7(3)14)13(8)16/h5,10,15-16H,1,4H2,2-3H3. The van der Waals surface area contributed by atoms with Crippen LogP contribution in [0.2, 0.25) is 0 Å². The summed E-state index contributed by atoms with van der Waals surface area (Å²) in [6, 6.07) is 1.37. The van der Waals surface area contributed by atoms with Crippen LogP contribution >= 0.6 is 0 Å². The summed E-state index contributed by atoms with van der Waals surface area (Å²) in [6.07, 6.45) is 0.259. The number of carbonyl (C=O) groups is 1. The first kappa shape index (κ1) is 11.5. The van der Waals surface area contributed by atoms with E-state index in [1.807, 2.05) is 6.92 Å². The highest BCUT2D eigenvalue weighted by atomic mass is 16.5. The predicted molar refractivity (Wildman–Crippen MR) is 62.7 cm³/mol. The zero-order valence-electron chi connectivity index (χ0n) is 9.78. The quantitative estimate of drug-likeness (QED) is 0.608. The minimum absolute atomic E-state index is 0.0466. The molecule has 4 heteroatoms. The van der Waals surface area contributed by atoms with Crippen molar-refractivity contribution in [1.82, 2.24) is 0 Å². The molecule has 2 N–H and O–H groups in total. The lowest BCUT2D eigenvalue weighted by atomic mass is 10.00. The molecular weight excluding hydrogens is 220 g/mol.